The van der Waals surface area contributed by atoms with Crippen LogP contribution in [0.2, 0.25) is 0 Å². The fourth-order valence-corrected chi connectivity index (χ4v) is 2.98. The SMILES string of the molecule is CN(CC(=O)Nc1ccc(N2CCOCC2)cc1)C(=O)/C=C/c1cccc(F)c1. The summed E-state index contributed by atoms with van der Waals surface area (Å²) in [6.45, 7) is 3.04. The Morgan fingerprint density at radius 3 is 2.59 bits per heavy atom. The Kier molecular flexibility index (Phi) is 6.97. The van der Waals surface area contributed by atoms with Crippen LogP contribution in [0.1, 0.15) is 5.56 Å². The van der Waals surface area contributed by atoms with Gasteiger partial charge >= 0.3 is 0 Å². The third kappa shape index (κ3) is 6.15. The number of benzene rings is 2. The third-order valence-electron chi connectivity index (χ3n) is 4.55. The van der Waals surface area contributed by atoms with Crippen LogP contribution in [-0.2, 0) is 14.3 Å². The van der Waals surface area contributed by atoms with Crippen LogP contribution in [0.3, 0.4) is 0 Å². The van der Waals surface area contributed by atoms with Gasteiger partial charge in [0.1, 0.15) is 5.82 Å². The number of nitrogens with one attached hydrogen (secondary N) is 1. The van der Waals surface area contributed by atoms with E-state index in [1.165, 1.54) is 29.2 Å². The molecule has 2 aromatic carbocycles. The fourth-order valence-electron chi connectivity index (χ4n) is 2.98. The molecule has 1 saturated heterocycles. The summed E-state index contributed by atoms with van der Waals surface area (Å²) in [5.41, 5.74) is 2.33. The summed E-state index contributed by atoms with van der Waals surface area (Å²) in [7, 11) is 1.54. The van der Waals surface area contributed by atoms with Crippen molar-refractivity contribution in [3.05, 3.63) is 66.0 Å². The minimum absolute atomic E-state index is 0.0858. The van der Waals surface area contributed by atoms with Gasteiger partial charge in [-0.05, 0) is 48.0 Å². The monoisotopic (exact) mass is 397 g/mol. The van der Waals surface area contributed by atoms with E-state index in [1.54, 1.807) is 19.2 Å². The molecule has 0 atom stereocenters. The Morgan fingerprint density at radius 2 is 1.90 bits per heavy atom. The number of carbonyl (C=O) groups is 2. The van der Waals surface area contributed by atoms with Gasteiger partial charge in [0.2, 0.25) is 11.8 Å². The minimum Gasteiger partial charge on any atom is -0.378 e. The van der Waals surface area contributed by atoms with Crippen molar-refractivity contribution in [2.24, 2.45) is 0 Å². The summed E-state index contributed by atoms with van der Waals surface area (Å²) in [5.74, 6) is -1.00. The first-order valence-electron chi connectivity index (χ1n) is 9.42. The third-order valence-corrected chi connectivity index (χ3v) is 4.55. The zero-order valence-electron chi connectivity index (χ0n) is 16.3. The predicted octanol–water partition coefficient (Wildman–Crippen LogP) is 2.77. The van der Waals surface area contributed by atoms with Crippen molar-refractivity contribution in [1.82, 2.24) is 4.90 Å². The van der Waals surface area contributed by atoms with Crippen LogP contribution in [0.25, 0.3) is 6.08 Å². The molecule has 1 heterocycles. The van der Waals surface area contributed by atoms with Gasteiger partial charge in [-0.1, -0.05) is 12.1 Å². The molecule has 6 nitrogen and oxygen atoms in total. The van der Waals surface area contributed by atoms with E-state index in [1.807, 2.05) is 24.3 Å². The number of amides is 2. The highest BCUT2D eigenvalue weighted by Crippen LogP contribution is 2.19. The maximum Gasteiger partial charge on any atom is 0.246 e. The highest BCUT2D eigenvalue weighted by molar-refractivity contribution is 5.98. The maximum atomic E-state index is 13.2. The van der Waals surface area contributed by atoms with Crippen LogP contribution in [-0.4, -0.2) is 56.6 Å². The molecule has 2 amide bonds. The van der Waals surface area contributed by atoms with Gasteiger partial charge in [0.05, 0.1) is 19.8 Å². The lowest BCUT2D eigenvalue weighted by atomic mass is 10.2. The van der Waals surface area contributed by atoms with E-state index >= 15 is 0 Å². The predicted molar refractivity (Wildman–Crippen MR) is 111 cm³/mol. The molecule has 0 radical (unpaired) electrons. The zero-order valence-corrected chi connectivity index (χ0v) is 16.3. The first kappa shape index (κ1) is 20.5. The van der Waals surface area contributed by atoms with Crippen LogP contribution in [0.5, 0.6) is 0 Å². The van der Waals surface area contributed by atoms with Crippen LogP contribution in [0.4, 0.5) is 15.8 Å². The molecule has 1 fully saturated rings. The number of likely N-dealkylation sites (N-methyl/N-ethyl adjacent to an activating group) is 1. The van der Waals surface area contributed by atoms with E-state index < -0.39 is 0 Å². The van der Waals surface area contributed by atoms with E-state index in [0.717, 1.165) is 18.8 Å². The number of anilines is 2. The van der Waals surface area contributed by atoms with Gasteiger partial charge in [0, 0.05) is 37.6 Å². The van der Waals surface area contributed by atoms with Gasteiger partial charge in [0.15, 0.2) is 0 Å². The number of halogens is 1. The number of hydrogen-bond donors (Lipinski definition) is 1. The number of nitrogens with zero attached hydrogens (tertiary/aromatic N) is 2. The highest BCUT2D eigenvalue weighted by Gasteiger charge is 2.13. The molecule has 1 N–H and O–H groups in total. The van der Waals surface area contributed by atoms with Gasteiger partial charge < -0.3 is 19.9 Å². The second kappa shape index (κ2) is 9.84. The standard InChI is InChI=1S/C22H24FN3O3/c1-25(22(28)10-5-17-3-2-4-18(23)15-17)16-21(27)24-19-6-8-20(9-7-19)26-11-13-29-14-12-26/h2-10,15H,11-14,16H2,1H3,(H,24,27)/b10-5+. The molecule has 1 aliphatic heterocycles. The van der Waals surface area contributed by atoms with Gasteiger partial charge in [-0.2, -0.15) is 0 Å². The minimum atomic E-state index is -0.369. The molecule has 2 aromatic rings. The molecule has 3 rings (SSSR count). The normalized spacial score (nSPS) is 14.1. The Labute approximate surface area is 169 Å². The molecular formula is C22H24FN3O3. The van der Waals surface area contributed by atoms with E-state index in [0.29, 0.717) is 24.5 Å². The van der Waals surface area contributed by atoms with Gasteiger partial charge in [-0.25, -0.2) is 4.39 Å². The van der Waals surface area contributed by atoms with Crippen molar-refractivity contribution in [3.8, 4) is 0 Å². The average Bonchev–Trinajstić information content (AvgIpc) is 2.73. The smallest absolute Gasteiger partial charge is 0.246 e. The van der Waals surface area contributed by atoms with Crippen molar-refractivity contribution in [3.63, 3.8) is 0 Å². The zero-order chi connectivity index (χ0) is 20.6. The van der Waals surface area contributed by atoms with Gasteiger partial charge in [-0.15, -0.1) is 0 Å². The summed E-state index contributed by atoms with van der Waals surface area (Å²) in [4.78, 5) is 27.9. The van der Waals surface area contributed by atoms with Crippen LogP contribution in [0, 0.1) is 5.82 Å². The number of ether oxygens (including phenoxy) is 1. The lowest BCUT2D eigenvalue weighted by molar-refractivity contribution is -0.129. The summed E-state index contributed by atoms with van der Waals surface area (Å²) in [5, 5.41) is 2.79. The largest absolute Gasteiger partial charge is 0.378 e. The summed E-state index contributed by atoms with van der Waals surface area (Å²) in [6, 6.07) is 13.5. The Bertz CT molecular complexity index is 877. The Morgan fingerprint density at radius 1 is 1.17 bits per heavy atom. The average molecular weight is 397 g/mol. The van der Waals surface area contributed by atoms with Crippen molar-refractivity contribution < 1.29 is 18.7 Å². The first-order chi connectivity index (χ1) is 14.0. The van der Waals surface area contributed by atoms with Crippen molar-refractivity contribution in [1.29, 1.82) is 0 Å². The quantitative estimate of drug-likeness (QED) is 0.762. The topological polar surface area (TPSA) is 61.9 Å². The summed E-state index contributed by atoms with van der Waals surface area (Å²) >= 11 is 0. The van der Waals surface area contributed by atoms with Crippen molar-refractivity contribution in [2.75, 3.05) is 50.1 Å². The molecular weight excluding hydrogens is 373 g/mol. The van der Waals surface area contributed by atoms with E-state index in [4.69, 9.17) is 4.74 Å². The van der Waals surface area contributed by atoms with Crippen LogP contribution < -0.4 is 10.2 Å². The van der Waals surface area contributed by atoms with E-state index in [-0.39, 0.29) is 24.2 Å². The lowest BCUT2D eigenvalue weighted by Gasteiger charge is -2.28. The summed E-state index contributed by atoms with van der Waals surface area (Å²) < 4.78 is 18.5. The van der Waals surface area contributed by atoms with Gasteiger partial charge in [0.25, 0.3) is 0 Å². The first-order valence-corrected chi connectivity index (χ1v) is 9.42. The number of morpholine rings is 1. The Hall–Kier alpha value is -3.19. The van der Waals surface area contributed by atoms with Crippen molar-refractivity contribution >= 4 is 29.3 Å². The molecule has 7 heteroatoms. The van der Waals surface area contributed by atoms with E-state index in [9.17, 15) is 14.0 Å². The van der Waals surface area contributed by atoms with Crippen LogP contribution in [0.15, 0.2) is 54.6 Å². The molecule has 1 aliphatic rings. The molecule has 0 unspecified atom stereocenters. The van der Waals surface area contributed by atoms with E-state index in [2.05, 4.69) is 10.2 Å². The molecule has 29 heavy (non-hydrogen) atoms. The highest BCUT2D eigenvalue weighted by atomic mass is 19.1. The molecule has 0 bridgehead atoms. The maximum absolute atomic E-state index is 13.2. The number of hydrogen-bond acceptors (Lipinski definition) is 4. The Balaban J connectivity index is 1.49. The van der Waals surface area contributed by atoms with Crippen molar-refractivity contribution in [2.45, 2.75) is 0 Å². The summed E-state index contributed by atoms with van der Waals surface area (Å²) in [6.07, 6.45) is 2.84. The van der Waals surface area contributed by atoms with Gasteiger partial charge in [-0.3, -0.25) is 9.59 Å². The fraction of sp³-hybridized carbons (Fsp3) is 0.273. The molecule has 152 valence electrons. The molecule has 0 spiro atoms. The lowest BCUT2D eigenvalue weighted by Crippen LogP contribution is -2.36. The van der Waals surface area contributed by atoms with Crippen LogP contribution >= 0.6 is 0 Å². The molecule has 0 aliphatic carbocycles. The second-order valence-electron chi connectivity index (χ2n) is 6.78. The molecule has 0 aromatic heterocycles. The molecule has 0 saturated carbocycles. The number of carbonyl (C=O) groups excluding carboxylic acids is 2. The number of rotatable bonds is 6. The second-order valence-corrected chi connectivity index (χ2v) is 6.78.